The molecule has 30 heavy (non-hydrogen) atoms. The second kappa shape index (κ2) is 8.52. The maximum Gasteiger partial charge on any atom is 0.255 e. The quantitative estimate of drug-likeness (QED) is 0.518. The van der Waals surface area contributed by atoms with Crippen LogP contribution in [0.5, 0.6) is 0 Å². The van der Waals surface area contributed by atoms with Crippen LogP contribution in [-0.2, 0) is 13.1 Å². The Kier molecular flexibility index (Phi) is 5.47. The molecule has 4 aromatic rings. The largest absolute Gasteiger partial charge is 0.348 e. The highest BCUT2D eigenvalue weighted by Gasteiger charge is 2.15. The van der Waals surface area contributed by atoms with E-state index in [9.17, 15) is 9.59 Å². The van der Waals surface area contributed by atoms with Crippen molar-refractivity contribution in [1.82, 2.24) is 25.3 Å². The van der Waals surface area contributed by atoms with E-state index in [1.54, 1.807) is 53.5 Å². The average Bonchev–Trinajstić information content (AvgIpc) is 3.21. The molecule has 2 heterocycles. The predicted molar refractivity (Wildman–Crippen MR) is 113 cm³/mol. The minimum absolute atomic E-state index is 0.281. The molecule has 0 unspecified atom stereocenters. The molecule has 0 aliphatic heterocycles. The summed E-state index contributed by atoms with van der Waals surface area (Å²) in [6, 6.07) is 15.8. The number of amides is 2. The summed E-state index contributed by atoms with van der Waals surface area (Å²) in [6.45, 7) is 3.02. The molecule has 0 spiro atoms. The first-order valence-electron chi connectivity index (χ1n) is 9.56. The van der Waals surface area contributed by atoms with Crippen molar-refractivity contribution in [3.05, 3.63) is 83.7 Å². The van der Waals surface area contributed by atoms with Crippen molar-refractivity contribution in [3.8, 4) is 0 Å². The third kappa shape index (κ3) is 4.02. The predicted octanol–water partition coefficient (Wildman–Crippen LogP) is 3.03. The van der Waals surface area contributed by atoms with E-state index in [-0.39, 0.29) is 11.8 Å². The number of carbonyl (C=O) groups excluding carboxylic acids is 2. The molecule has 0 atom stereocenters. The Morgan fingerprint density at radius 2 is 1.90 bits per heavy atom. The standard InChI is InChI=1S/C22H20N6O2/c1-2-28-20-10-9-16(12-19(20)26-27-28)21(29)25-18-8-4-3-7-17(18)22(30)24-14-15-6-5-11-23-13-15/h3-13H,2,14H2,1H3,(H,24,30)(H,25,29). The maximum absolute atomic E-state index is 12.8. The second-order valence-electron chi connectivity index (χ2n) is 6.65. The number of para-hydroxylation sites is 1. The Labute approximate surface area is 172 Å². The Morgan fingerprint density at radius 3 is 2.70 bits per heavy atom. The average molecular weight is 400 g/mol. The minimum atomic E-state index is -0.324. The van der Waals surface area contributed by atoms with Crippen LogP contribution in [0.15, 0.2) is 67.0 Å². The molecular formula is C22H20N6O2. The lowest BCUT2D eigenvalue weighted by atomic mass is 10.1. The highest BCUT2D eigenvalue weighted by atomic mass is 16.2. The van der Waals surface area contributed by atoms with Gasteiger partial charge in [-0.2, -0.15) is 0 Å². The molecule has 0 aliphatic carbocycles. The van der Waals surface area contributed by atoms with Gasteiger partial charge in [0.05, 0.1) is 16.8 Å². The molecule has 0 aliphatic rings. The SMILES string of the molecule is CCn1nnc2cc(C(=O)Nc3ccccc3C(=O)NCc3cccnc3)ccc21. The van der Waals surface area contributed by atoms with E-state index >= 15 is 0 Å². The number of anilines is 1. The van der Waals surface area contributed by atoms with E-state index in [0.29, 0.717) is 35.4 Å². The fourth-order valence-electron chi connectivity index (χ4n) is 3.11. The molecular weight excluding hydrogens is 380 g/mol. The molecule has 0 saturated heterocycles. The normalized spacial score (nSPS) is 10.7. The zero-order valence-electron chi connectivity index (χ0n) is 16.4. The van der Waals surface area contributed by atoms with E-state index in [1.807, 2.05) is 25.1 Å². The molecule has 150 valence electrons. The number of rotatable bonds is 6. The van der Waals surface area contributed by atoms with Crippen LogP contribution in [0.2, 0.25) is 0 Å². The Balaban J connectivity index is 1.50. The van der Waals surface area contributed by atoms with Gasteiger partial charge in [-0.15, -0.1) is 5.10 Å². The fourth-order valence-corrected chi connectivity index (χ4v) is 3.11. The molecule has 0 fully saturated rings. The number of aromatic nitrogens is 4. The monoisotopic (exact) mass is 400 g/mol. The number of benzene rings is 2. The summed E-state index contributed by atoms with van der Waals surface area (Å²) in [4.78, 5) is 29.5. The van der Waals surface area contributed by atoms with Crippen LogP contribution in [0.4, 0.5) is 5.69 Å². The van der Waals surface area contributed by atoms with Crippen LogP contribution in [0.1, 0.15) is 33.2 Å². The molecule has 0 bridgehead atoms. The number of pyridine rings is 1. The third-order valence-electron chi connectivity index (χ3n) is 4.67. The molecule has 2 aromatic carbocycles. The number of carbonyl (C=O) groups is 2. The summed E-state index contributed by atoms with van der Waals surface area (Å²) in [6.07, 6.45) is 3.37. The van der Waals surface area contributed by atoms with Crippen LogP contribution < -0.4 is 10.6 Å². The van der Waals surface area contributed by atoms with Crippen molar-refractivity contribution in [2.45, 2.75) is 20.0 Å². The van der Waals surface area contributed by atoms with E-state index < -0.39 is 0 Å². The van der Waals surface area contributed by atoms with Gasteiger partial charge in [0.25, 0.3) is 11.8 Å². The van der Waals surface area contributed by atoms with Crippen LogP contribution in [0.25, 0.3) is 11.0 Å². The summed E-state index contributed by atoms with van der Waals surface area (Å²) in [5.41, 5.74) is 3.66. The lowest BCUT2D eigenvalue weighted by Crippen LogP contribution is -2.25. The Morgan fingerprint density at radius 1 is 1.03 bits per heavy atom. The van der Waals surface area contributed by atoms with Gasteiger partial charge >= 0.3 is 0 Å². The Hall–Kier alpha value is -4.07. The summed E-state index contributed by atoms with van der Waals surface area (Å²) in [5, 5.41) is 13.8. The highest BCUT2D eigenvalue weighted by molar-refractivity contribution is 6.09. The molecule has 0 radical (unpaired) electrons. The van der Waals surface area contributed by atoms with Crippen molar-refractivity contribution >= 4 is 28.5 Å². The lowest BCUT2D eigenvalue weighted by molar-refractivity contribution is 0.0951. The molecule has 4 rings (SSSR count). The van der Waals surface area contributed by atoms with Crippen molar-refractivity contribution in [1.29, 1.82) is 0 Å². The highest BCUT2D eigenvalue weighted by Crippen LogP contribution is 2.18. The molecule has 0 saturated carbocycles. The van der Waals surface area contributed by atoms with Crippen LogP contribution in [-0.4, -0.2) is 31.8 Å². The molecule has 8 heteroatoms. The Bertz CT molecular complexity index is 1200. The van der Waals surface area contributed by atoms with Gasteiger partial charge in [-0.25, -0.2) is 4.68 Å². The van der Waals surface area contributed by atoms with Crippen LogP contribution in [0.3, 0.4) is 0 Å². The van der Waals surface area contributed by atoms with Gasteiger partial charge in [-0.1, -0.05) is 23.4 Å². The number of nitrogens with zero attached hydrogens (tertiary/aromatic N) is 4. The maximum atomic E-state index is 12.8. The second-order valence-corrected chi connectivity index (χ2v) is 6.65. The molecule has 2 amide bonds. The van der Waals surface area contributed by atoms with Gasteiger partial charge in [0.15, 0.2) is 0 Å². The number of fused-ring (bicyclic) bond motifs is 1. The first-order valence-corrected chi connectivity index (χ1v) is 9.56. The number of nitrogens with one attached hydrogen (secondary N) is 2. The topological polar surface area (TPSA) is 102 Å². The zero-order chi connectivity index (χ0) is 20.9. The van der Waals surface area contributed by atoms with E-state index in [4.69, 9.17) is 0 Å². The molecule has 2 aromatic heterocycles. The van der Waals surface area contributed by atoms with E-state index in [2.05, 4.69) is 25.9 Å². The van der Waals surface area contributed by atoms with E-state index in [0.717, 1.165) is 11.1 Å². The summed E-state index contributed by atoms with van der Waals surface area (Å²) in [7, 11) is 0. The third-order valence-corrected chi connectivity index (χ3v) is 4.67. The fraction of sp³-hybridized carbons (Fsp3) is 0.136. The first-order chi connectivity index (χ1) is 14.7. The van der Waals surface area contributed by atoms with Crippen LogP contribution >= 0.6 is 0 Å². The van der Waals surface area contributed by atoms with Crippen molar-refractivity contribution < 1.29 is 9.59 Å². The van der Waals surface area contributed by atoms with Crippen molar-refractivity contribution in [2.75, 3.05) is 5.32 Å². The van der Waals surface area contributed by atoms with Crippen molar-refractivity contribution in [2.24, 2.45) is 0 Å². The summed E-state index contributed by atoms with van der Waals surface area (Å²) in [5.74, 6) is -0.605. The summed E-state index contributed by atoms with van der Waals surface area (Å²) < 4.78 is 1.76. The number of aryl methyl sites for hydroxylation is 1. The van der Waals surface area contributed by atoms with E-state index in [1.165, 1.54) is 0 Å². The zero-order valence-corrected chi connectivity index (χ0v) is 16.4. The smallest absolute Gasteiger partial charge is 0.255 e. The number of hydrogen-bond acceptors (Lipinski definition) is 5. The molecule has 8 nitrogen and oxygen atoms in total. The number of hydrogen-bond donors (Lipinski definition) is 2. The van der Waals surface area contributed by atoms with Gasteiger partial charge in [0.1, 0.15) is 5.52 Å². The van der Waals surface area contributed by atoms with Gasteiger partial charge < -0.3 is 10.6 Å². The van der Waals surface area contributed by atoms with Crippen molar-refractivity contribution in [3.63, 3.8) is 0 Å². The first kappa shape index (κ1) is 19.3. The van der Waals surface area contributed by atoms with Gasteiger partial charge in [0.2, 0.25) is 0 Å². The van der Waals surface area contributed by atoms with Gasteiger partial charge in [-0.05, 0) is 48.9 Å². The lowest BCUT2D eigenvalue weighted by Gasteiger charge is -2.11. The van der Waals surface area contributed by atoms with Gasteiger partial charge in [0, 0.05) is 31.0 Å². The minimum Gasteiger partial charge on any atom is -0.348 e. The van der Waals surface area contributed by atoms with Crippen LogP contribution in [0, 0.1) is 0 Å². The van der Waals surface area contributed by atoms with Gasteiger partial charge in [-0.3, -0.25) is 14.6 Å². The molecule has 2 N–H and O–H groups in total. The summed E-state index contributed by atoms with van der Waals surface area (Å²) >= 11 is 0.